The van der Waals surface area contributed by atoms with Crippen LogP contribution < -0.4 is 5.32 Å². The Morgan fingerprint density at radius 2 is 2.54 bits per heavy atom. The Bertz CT molecular complexity index is 334. The van der Waals surface area contributed by atoms with E-state index in [0.717, 1.165) is 24.1 Å². The van der Waals surface area contributed by atoms with Gasteiger partial charge in [0.1, 0.15) is 5.82 Å². The van der Waals surface area contributed by atoms with Crippen molar-refractivity contribution >= 4 is 27.8 Å². The number of rotatable bonds is 2. The van der Waals surface area contributed by atoms with Gasteiger partial charge < -0.3 is 5.32 Å². The van der Waals surface area contributed by atoms with Crippen molar-refractivity contribution in [2.24, 2.45) is 0 Å². The second kappa shape index (κ2) is 3.92. The van der Waals surface area contributed by atoms with Crippen LogP contribution in [0.2, 0.25) is 0 Å². The molecule has 2 nitrogen and oxygen atoms in total. The number of halogens is 1. The molecule has 2 heterocycles. The van der Waals surface area contributed by atoms with Gasteiger partial charge in [0.25, 0.3) is 0 Å². The molecular formula is C10H11BrN2. The quantitative estimate of drug-likeness (QED) is 0.802. The Balaban J connectivity index is 2.25. The van der Waals surface area contributed by atoms with E-state index in [9.17, 15) is 0 Å². The average molecular weight is 239 g/mol. The van der Waals surface area contributed by atoms with E-state index in [0.29, 0.717) is 0 Å². The van der Waals surface area contributed by atoms with Crippen LogP contribution in [0.4, 0.5) is 5.82 Å². The van der Waals surface area contributed by atoms with Gasteiger partial charge in [-0.2, -0.15) is 0 Å². The van der Waals surface area contributed by atoms with Crippen LogP contribution in [-0.4, -0.2) is 16.9 Å². The average Bonchev–Trinajstić information content (AvgIpc) is 2.61. The summed E-state index contributed by atoms with van der Waals surface area (Å²) in [6, 6.07) is 2.20. The van der Waals surface area contributed by atoms with Crippen LogP contribution in [0.5, 0.6) is 0 Å². The largest absolute Gasteiger partial charge is 0.370 e. The first-order valence-electron chi connectivity index (χ1n) is 4.35. The summed E-state index contributed by atoms with van der Waals surface area (Å²) in [5, 5.41) is 4.13. The van der Waals surface area contributed by atoms with Gasteiger partial charge in [-0.15, -0.1) is 0 Å². The second-order valence-corrected chi connectivity index (χ2v) is 3.66. The molecule has 0 radical (unpaired) electrons. The lowest BCUT2D eigenvalue weighted by atomic mass is 10.1. The lowest BCUT2D eigenvalue weighted by molar-refractivity contribution is 1.11. The molecule has 1 aliphatic heterocycles. The van der Waals surface area contributed by atoms with Gasteiger partial charge in [-0.1, -0.05) is 28.1 Å². The van der Waals surface area contributed by atoms with Crippen molar-refractivity contribution in [2.75, 3.05) is 17.2 Å². The number of allylic oxidation sites excluding steroid dienone is 1. The number of hydrogen-bond donors (Lipinski definition) is 1. The van der Waals surface area contributed by atoms with E-state index >= 15 is 0 Å². The van der Waals surface area contributed by atoms with Gasteiger partial charge >= 0.3 is 0 Å². The number of nitrogens with zero attached hydrogens (tertiary/aromatic N) is 1. The molecule has 0 spiro atoms. The zero-order valence-corrected chi connectivity index (χ0v) is 8.84. The summed E-state index contributed by atoms with van der Waals surface area (Å²) in [5.74, 6) is 1.05. The highest BCUT2D eigenvalue weighted by Crippen LogP contribution is 2.20. The summed E-state index contributed by atoms with van der Waals surface area (Å²) in [5.41, 5.74) is 2.51. The van der Waals surface area contributed by atoms with Crippen molar-refractivity contribution in [3.8, 4) is 0 Å². The highest BCUT2D eigenvalue weighted by atomic mass is 79.9. The van der Waals surface area contributed by atoms with Crippen molar-refractivity contribution in [1.82, 2.24) is 4.98 Å². The third-order valence-corrected chi connectivity index (χ3v) is 2.45. The highest BCUT2D eigenvalue weighted by Gasteiger charge is 2.10. The first-order valence-corrected chi connectivity index (χ1v) is 5.47. The molecule has 1 N–H and O–H groups in total. The summed E-state index contributed by atoms with van der Waals surface area (Å²) in [4.78, 5) is 4.33. The molecule has 0 aliphatic carbocycles. The molecule has 1 aromatic rings. The van der Waals surface area contributed by atoms with Crippen molar-refractivity contribution < 1.29 is 0 Å². The monoisotopic (exact) mass is 238 g/mol. The molecule has 1 aromatic heterocycles. The second-order valence-electron chi connectivity index (χ2n) is 3.01. The van der Waals surface area contributed by atoms with E-state index in [1.807, 2.05) is 6.20 Å². The number of anilines is 1. The number of hydrogen-bond acceptors (Lipinski definition) is 2. The van der Waals surface area contributed by atoms with E-state index < -0.39 is 0 Å². The molecule has 0 aromatic carbocycles. The van der Waals surface area contributed by atoms with E-state index in [1.54, 1.807) is 0 Å². The Labute approximate surface area is 86.2 Å². The maximum Gasteiger partial charge on any atom is 0.129 e. The van der Waals surface area contributed by atoms with Gasteiger partial charge in [0.05, 0.1) is 0 Å². The van der Waals surface area contributed by atoms with Gasteiger partial charge in [0.2, 0.25) is 0 Å². The lowest BCUT2D eigenvalue weighted by Gasteiger charge is -1.98. The summed E-state index contributed by atoms with van der Waals surface area (Å²) >= 11 is 3.35. The Hall–Kier alpha value is -0.830. The Kier molecular flexibility index (Phi) is 2.64. The molecule has 13 heavy (non-hydrogen) atoms. The smallest absolute Gasteiger partial charge is 0.129 e. The minimum absolute atomic E-state index is 0.891. The van der Waals surface area contributed by atoms with E-state index in [2.05, 4.69) is 44.4 Å². The molecular weight excluding hydrogens is 228 g/mol. The zero-order chi connectivity index (χ0) is 9.10. The van der Waals surface area contributed by atoms with Crippen LogP contribution in [0, 0.1) is 0 Å². The minimum Gasteiger partial charge on any atom is -0.370 e. The SMILES string of the molecule is BrCC=Cc1cnc2c(c1)CCN2. The van der Waals surface area contributed by atoms with Gasteiger partial charge in [0, 0.05) is 18.1 Å². The van der Waals surface area contributed by atoms with Crippen LogP contribution in [0.3, 0.4) is 0 Å². The van der Waals surface area contributed by atoms with Gasteiger partial charge in [-0.05, 0) is 23.6 Å². The zero-order valence-electron chi connectivity index (χ0n) is 7.26. The first-order chi connectivity index (χ1) is 6.40. The molecule has 2 rings (SSSR count). The maximum atomic E-state index is 4.33. The number of nitrogens with one attached hydrogen (secondary N) is 1. The van der Waals surface area contributed by atoms with Crippen LogP contribution in [0.15, 0.2) is 18.3 Å². The third-order valence-electron chi connectivity index (χ3n) is 2.07. The topological polar surface area (TPSA) is 24.9 Å². The highest BCUT2D eigenvalue weighted by molar-refractivity contribution is 9.09. The summed E-state index contributed by atoms with van der Waals surface area (Å²) in [6.07, 6.45) is 7.15. The van der Waals surface area contributed by atoms with Crippen molar-refractivity contribution in [1.29, 1.82) is 0 Å². The Morgan fingerprint density at radius 3 is 3.38 bits per heavy atom. The normalized spacial score (nSPS) is 14.5. The number of alkyl halides is 1. The molecule has 0 amide bonds. The van der Waals surface area contributed by atoms with Crippen LogP contribution >= 0.6 is 15.9 Å². The maximum absolute atomic E-state index is 4.33. The van der Waals surface area contributed by atoms with Crippen molar-refractivity contribution in [3.63, 3.8) is 0 Å². The lowest BCUT2D eigenvalue weighted by Crippen LogP contribution is -1.92. The minimum atomic E-state index is 0.891. The van der Waals surface area contributed by atoms with Crippen molar-refractivity contribution in [2.45, 2.75) is 6.42 Å². The molecule has 68 valence electrons. The number of pyridine rings is 1. The first kappa shape index (κ1) is 8.75. The van der Waals surface area contributed by atoms with E-state index in [-0.39, 0.29) is 0 Å². The molecule has 0 atom stereocenters. The fraction of sp³-hybridized carbons (Fsp3) is 0.300. The predicted octanol–water partition coefficient (Wildman–Crippen LogP) is 2.46. The Morgan fingerprint density at radius 1 is 1.62 bits per heavy atom. The molecule has 3 heteroatoms. The standard InChI is InChI=1S/C10H11BrN2/c11-4-1-2-8-6-9-3-5-12-10(9)13-7-8/h1-2,6-7H,3-5H2,(H,12,13). The van der Waals surface area contributed by atoms with Gasteiger partial charge in [-0.3, -0.25) is 0 Å². The number of aromatic nitrogens is 1. The van der Waals surface area contributed by atoms with Crippen LogP contribution in [0.1, 0.15) is 11.1 Å². The fourth-order valence-electron chi connectivity index (χ4n) is 1.47. The summed E-state index contributed by atoms with van der Waals surface area (Å²) in [7, 11) is 0. The van der Waals surface area contributed by atoms with Gasteiger partial charge in [0.15, 0.2) is 0 Å². The molecule has 1 aliphatic rings. The summed E-state index contributed by atoms with van der Waals surface area (Å²) in [6.45, 7) is 1.02. The van der Waals surface area contributed by atoms with E-state index in [1.165, 1.54) is 11.1 Å². The van der Waals surface area contributed by atoms with Crippen LogP contribution in [0.25, 0.3) is 6.08 Å². The fourth-order valence-corrected chi connectivity index (χ4v) is 1.65. The van der Waals surface area contributed by atoms with Gasteiger partial charge in [-0.25, -0.2) is 4.98 Å². The summed E-state index contributed by atoms with van der Waals surface area (Å²) < 4.78 is 0. The molecule has 0 bridgehead atoms. The van der Waals surface area contributed by atoms with Crippen molar-refractivity contribution in [3.05, 3.63) is 29.5 Å². The number of fused-ring (bicyclic) bond motifs is 1. The third kappa shape index (κ3) is 1.91. The molecule has 0 fully saturated rings. The van der Waals surface area contributed by atoms with E-state index in [4.69, 9.17) is 0 Å². The predicted molar refractivity (Wildman–Crippen MR) is 59.3 cm³/mol. The molecule has 0 unspecified atom stereocenters. The molecule has 0 saturated carbocycles. The van der Waals surface area contributed by atoms with Crippen LogP contribution in [-0.2, 0) is 6.42 Å². The molecule has 0 saturated heterocycles.